The van der Waals surface area contributed by atoms with E-state index < -0.39 is 0 Å². The molecule has 2 atom stereocenters. The highest BCUT2D eigenvalue weighted by Crippen LogP contribution is 2.29. The van der Waals surface area contributed by atoms with Crippen molar-refractivity contribution < 1.29 is 14.6 Å². The van der Waals surface area contributed by atoms with Gasteiger partial charge in [-0.1, -0.05) is 0 Å². The molecule has 0 radical (unpaired) electrons. The average Bonchev–Trinajstić information content (AvgIpc) is 2.30. The zero-order valence-electron chi connectivity index (χ0n) is 9.79. The van der Waals surface area contributed by atoms with Gasteiger partial charge in [-0.2, -0.15) is 0 Å². The minimum absolute atomic E-state index is 0.129. The molecule has 0 aromatic carbocycles. The molecule has 1 rings (SSSR count). The van der Waals surface area contributed by atoms with Crippen molar-refractivity contribution in [3.8, 4) is 0 Å². The van der Waals surface area contributed by atoms with E-state index in [1.165, 1.54) is 0 Å². The summed E-state index contributed by atoms with van der Waals surface area (Å²) in [6.45, 7) is 1.47. The predicted molar refractivity (Wildman–Crippen MR) is 59.0 cm³/mol. The van der Waals surface area contributed by atoms with E-state index in [-0.39, 0.29) is 18.2 Å². The van der Waals surface area contributed by atoms with Crippen LogP contribution in [0.4, 0.5) is 0 Å². The molecule has 2 unspecified atom stereocenters. The number of likely N-dealkylation sites (N-methyl/N-ethyl adjacent to an activating group) is 1. The van der Waals surface area contributed by atoms with Crippen LogP contribution in [0.2, 0.25) is 0 Å². The molecule has 1 aliphatic rings. The molecule has 1 saturated carbocycles. The molecule has 2 N–H and O–H groups in total. The third-order valence-corrected chi connectivity index (χ3v) is 3.27. The summed E-state index contributed by atoms with van der Waals surface area (Å²) in [5, 5.41) is 12.6. The molecule has 0 heterocycles. The van der Waals surface area contributed by atoms with Crippen molar-refractivity contribution in [2.45, 2.75) is 37.3 Å². The lowest BCUT2D eigenvalue weighted by Crippen LogP contribution is -2.51. The molecule has 1 fully saturated rings. The molecule has 0 aromatic rings. The fourth-order valence-electron chi connectivity index (χ4n) is 2.20. The van der Waals surface area contributed by atoms with Crippen LogP contribution in [0.5, 0.6) is 0 Å². The minimum Gasteiger partial charge on any atom is -0.394 e. The van der Waals surface area contributed by atoms with Gasteiger partial charge in [0.25, 0.3) is 0 Å². The second kappa shape index (κ2) is 6.43. The minimum atomic E-state index is -0.129. The molecule has 0 aliphatic heterocycles. The normalized spacial score (nSPS) is 31.8. The molecule has 0 saturated heterocycles. The van der Waals surface area contributed by atoms with Crippen LogP contribution in [0, 0.1) is 0 Å². The monoisotopic (exact) mass is 217 g/mol. The molecule has 0 aromatic heterocycles. The Bertz CT molecular complexity index is 171. The van der Waals surface area contributed by atoms with Crippen LogP contribution in [0.25, 0.3) is 0 Å². The Labute approximate surface area is 92.0 Å². The number of hydrogen-bond acceptors (Lipinski definition) is 4. The number of rotatable bonds is 6. The van der Waals surface area contributed by atoms with E-state index in [9.17, 15) is 5.11 Å². The van der Waals surface area contributed by atoms with Crippen molar-refractivity contribution in [2.24, 2.45) is 0 Å². The summed E-state index contributed by atoms with van der Waals surface area (Å²) in [6.07, 6.45) is 4.38. The first-order valence-electron chi connectivity index (χ1n) is 5.66. The number of aliphatic hydroxyl groups is 1. The highest BCUT2D eigenvalue weighted by atomic mass is 16.5. The number of hydrogen-bond donors (Lipinski definition) is 2. The van der Waals surface area contributed by atoms with Gasteiger partial charge in [0.2, 0.25) is 0 Å². The van der Waals surface area contributed by atoms with E-state index in [0.717, 1.165) is 25.7 Å². The molecule has 0 spiro atoms. The third kappa shape index (κ3) is 3.72. The largest absolute Gasteiger partial charge is 0.394 e. The van der Waals surface area contributed by atoms with E-state index in [4.69, 9.17) is 9.47 Å². The van der Waals surface area contributed by atoms with Crippen molar-refractivity contribution in [3.05, 3.63) is 0 Å². The van der Waals surface area contributed by atoms with Crippen LogP contribution in [-0.2, 0) is 9.47 Å². The molecule has 4 heteroatoms. The van der Waals surface area contributed by atoms with E-state index in [0.29, 0.717) is 13.2 Å². The van der Waals surface area contributed by atoms with Crippen LogP contribution >= 0.6 is 0 Å². The van der Waals surface area contributed by atoms with E-state index >= 15 is 0 Å². The Morgan fingerprint density at radius 1 is 1.47 bits per heavy atom. The quantitative estimate of drug-likeness (QED) is 0.638. The zero-order valence-corrected chi connectivity index (χ0v) is 9.79. The van der Waals surface area contributed by atoms with Gasteiger partial charge in [-0.15, -0.1) is 0 Å². The fraction of sp³-hybridized carbons (Fsp3) is 1.00. The zero-order chi connectivity index (χ0) is 11.1. The maximum absolute atomic E-state index is 9.39. The van der Waals surface area contributed by atoms with Gasteiger partial charge < -0.3 is 19.9 Å². The van der Waals surface area contributed by atoms with Gasteiger partial charge in [-0.3, -0.25) is 0 Å². The van der Waals surface area contributed by atoms with E-state index in [1.807, 2.05) is 7.05 Å². The van der Waals surface area contributed by atoms with Gasteiger partial charge in [-0.25, -0.2) is 0 Å². The molecule has 1 aliphatic carbocycles. The number of aliphatic hydroxyl groups excluding tert-OH is 1. The van der Waals surface area contributed by atoms with E-state index in [2.05, 4.69) is 5.32 Å². The first-order valence-corrected chi connectivity index (χ1v) is 5.66. The van der Waals surface area contributed by atoms with Crippen LogP contribution in [0.1, 0.15) is 25.7 Å². The second-order valence-electron chi connectivity index (χ2n) is 4.27. The van der Waals surface area contributed by atoms with Gasteiger partial charge in [-0.05, 0) is 32.7 Å². The average molecular weight is 217 g/mol. The summed E-state index contributed by atoms with van der Waals surface area (Å²) in [4.78, 5) is 0. The van der Waals surface area contributed by atoms with Crippen LogP contribution in [0.3, 0.4) is 0 Å². The SMILES string of the molecule is CNC1(CO)CCCC(OCCOC)C1. The fourth-order valence-corrected chi connectivity index (χ4v) is 2.20. The molecule has 0 amide bonds. The van der Waals surface area contributed by atoms with Gasteiger partial charge in [0.05, 0.1) is 25.9 Å². The maximum atomic E-state index is 9.39. The van der Waals surface area contributed by atoms with Gasteiger partial charge >= 0.3 is 0 Å². The highest BCUT2D eigenvalue weighted by molar-refractivity contribution is 4.92. The Hall–Kier alpha value is -0.160. The van der Waals surface area contributed by atoms with Crippen molar-refractivity contribution in [1.29, 1.82) is 0 Å². The molecular weight excluding hydrogens is 194 g/mol. The number of methoxy groups -OCH3 is 1. The maximum Gasteiger partial charge on any atom is 0.0704 e. The lowest BCUT2D eigenvalue weighted by atomic mass is 9.81. The number of ether oxygens (including phenoxy) is 2. The molecule has 0 bridgehead atoms. The molecule has 90 valence electrons. The van der Waals surface area contributed by atoms with Crippen molar-refractivity contribution in [3.63, 3.8) is 0 Å². The lowest BCUT2D eigenvalue weighted by Gasteiger charge is -2.39. The number of nitrogens with one attached hydrogen (secondary N) is 1. The smallest absolute Gasteiger partial charge is 0.0704 e. The second-order valence-corrected chi connectivity index (χ2v) is 4.27. The first-order chi connectivity index (χ1) is 7.26. The molecular formula is C11H23NO3. The summed E-state index contributed by atoms with van der Waals surface area (Å²) in [7, 11) is 3.59. The summed E-state index contributed by atoms with van der Waals surface area (Å²) >= 11 is 0. The summed E-state index contributed by atoms with van der Waals surface area (Å²) in [5.41, 5.74) is -0.129. The third-order valence-electron chi connectivity index (χ3n) is 3.27. The Morgan fingerprint density at radius 3 is 2.87 bits per heavy atom. The van der Waals surface area contributed by atoms with Crippen LogP contribution in [0.15, 0.2) is 0 Å². The van der Waals surface area contributed by atoms with Gasteiger partial charge in [0, 0.05) is 12.6 Å². The molecule has 4 nitrogen and oxygen atoms in total. The standard InChI is InChI=1S/C11H23NO3/c1-12-11(9-13)5-3-4-10(8-11)15-7-6-14-2/h10,12-13H,3-9H2,1-2H3. The highest BCUT2D eigenvalue weighted by Gasteiger charge is 2.34. The van der Waals surface area contributed by atoms with Crippen molar-refractivity contribution in [2.75, 3.05) is 34.0 Å². The summed E-state index contributed by atoms with van der Waals surface area (Å²) in [5.74, 6) is 0. The lowest BCUT2D eigenvalue weighted by molar-refractivity contribution is -0.0305. The van der Waals surface area contributed by atoms with Crippen molar-refractivity contribution >= 4 is 0 Å². The van der Waals surface area contributed by atoms with Crippen molar-refractivity contribution in [1.82, 2.24) is 5.32 Å². The Kier molecular flexibility index (Phi) is 5.53. The van der Waals surface area contributed by atoms with E-state index in [1.54, 1.807) is 7.11 Å². The summed E-state index contributed by atoms with van der Waals surface area (Å²) < 4.78 is 10.7. The van der Waals surface area contributed by atoms with Gasteiger partial charge in [0.15, 0.2) is 0 Å². The predicted octanol–water partition coefficient (Wildman–Crippen LogP) is 0.542. The first kappa shape index (κ1) is 12.9. The Morgan fingerprint density at radius 2 is 2.27 bits per heavy atom. The molecule has 15 heavy (non-hydrogen) atoms. The van der Waals surface area contributed by atoms with Crippen LogP contribution in [-0.4, -0.2) is 50.7 Å². The summed E-state index contributed by atoms with van der Waals surface area (Å²) in [6, 6.07) is 0. The Balaban J connectivity index is 2.34. The van der Waals surface area contributed by atoms with Gasteiger partial charge in [0.1, 0.15) is 0 Å². The van der Waals surface area contributed by atoms with Crippen LogP contribution < -0.4 is 5.32 Å². The topological polar surface area (TPSA) is 50.7 Å².